The van der Waals surface area contributed by atoms with Gasteiger partial charge < -0.3 is 20.0 Å². The summed E-state index contributed by atoms with van der Waals surface area (Å²) in [4.78, 5) is 32.7. The minimum atomic E-state index is -0.987. The summed E-state index contributed by atoms with van der Waals surface area (Å²) in [6.07, 6.45) is 1.44. The average Bonchev–Trinajstić information content (AvgIpc) is 3.34. The van der Waals surface area contributed by atoms with Crippen molar-refractivity contribution in [1.29, 1.82) is 0 Å². The first-order chi connectivity index (χ1) is 18.7. The third-order valence-electron chi connectivity index (χ3n) is 7.25. The molecule has 0 saturated carbocycles. The van der Waals surface area contributed by atoms with E-state index in [1.165, 1.54) is 0 Å². The van der Waals surface area contributed by atoms with Gasteiger partial charge in [-0.3, -0.25) is 14.7 Å². The fourth-order valence-corrected chi connectivity index (χ4v) is 5.27. The number of carboxylic acid groups (broad SMARTS) is 1. The molecule has 9 heteroatoms. The van der Waals surface area contributed by atoms with Gasteiger partial charge in [-0.2, -0.15) is 0 Å². The number of benzene rings is 3. The molecule has 1 saturated heterocycles. The molecular weight excluding hydrogens is 573 g/mol. The molecule has 0 aromatic heterocycles. The second-order valence-electron chi connectivity index (χ2n) is 9.77. The van der Waals surface area contributed by atoms with Gasteiger partial charge in [-0.15, -0.1) is 5.69 Å². The molecule has 2 atom stereocenters. The minimum Gasteiger partial charge on any atom is -0.625 e. The maximum atomic E-state index is 13.6. The van der Waals surface area contributed by atoms with Crippen molar-refractivity contribution in [3.05, 3.63) is 99.8 Å². The van der Waals surface area contributed by atoms with Crippen LogP contribution in [0, 0.1) is 0 Å². The van der Waals surface area contributed by atoms with Crippen molar-refractivity contribution in [2.24, 2.45) is 4.99 Å². The Morgan fingerprint density at radius 3 is 2.55 bits per heavy atom. The zero-order valence-electron chi connectivity index (χ0n) is 22.7. The summed E-state index contributed by atoms with van der Waals surface area (Å²) in [6, 6.07) is 21.1. The van der Waals surface area contributed by atoms with Crippen molar-refractivity contribution < 1.29 is 35.9 Å². The third-order valence-corrected chi connectivity index (χ3v) is 7.48. The van der Waals surface area contributed by atoms with E-state index in [-0.39, 0.29) is 28.8 Å². The van der Waals surface area contributed by atoms with Gasteiger partial charge in [-0.05, 0) is 68.2 Å². The van der Waals surface area contributed by atoms with Gasteiger partial charge in [0, 0.05) is 27.1 Å². The Hall–Kier alpha value is -3.19. The standard InChI is InChI=1S/C31H34ClN3O4.Ni/c1-4-35-17-9-16-31(35,2)30(38)34-26-15-14-23(32)19-25(26)29(21-10-6-5-7-11-21)33-27(20-28(36)37)22-12-8-13-24(18-22)39-3;/h5-8,10-15,18-19,27H,4,9,16-17,20H2,1-3H3,(H2,33,34,36,37,38);/p-1/t27-,31+;/m0./s1. The SMILES string of the molecule is CCN1CCC[C@]1(C)C(=O)[N-]c1ccc(Cl)cc1C(=N[C@@H](CC(=O)O)c1cccc(OC)c1)c1ccccc1.[Ni]. The number of hydrogen-bond acceptors (Lipinski definition) is 5. The number of ether oxygens (including phenoxy) is 1. The fraction of sp³-hybridized carbons (Fsp3) is 0.323. The van der Waals surface area contributed by atoms with E-state index in [1.54, 1.807) is 43.5 Å². The number of aliphatic imine (C=N–C) groups is 1. The molecular formula is C31H33ClN3NiO4-. The van der Waals surface area contributed by atoms with Crippen LogP contribution in [0.4, 0.5) is 5.69 Å². The van der Waals surface area contributed by atoms with Crippen molar-refractivity contribution in [2.45, 2.75) is 44.7 Å². The number of halogens is 1. The topological polar surface area (TPSA) is 93.3 Å². The molecule has 0 bridgehead atoms. The van der Waals surface area contributed by atoms with E-state index in [4.69, 9.17) is 21.3 Å². The molecule has 3 aromatic rings. The summed E-state index contributed by atoms with van der Waals surface area (Å²) in [7, 11) is 1.56. The minimum absolute atomic E-state index is 0. The van der Waals surface area contributed by atoms with Crippen LogP contribution in [0.5, 0.6) is 5.75 Å². The van der Waals surface area contributed by atoms with E-state index < -0.39 is 17.6 Å². The summed E-state index contributed by atoms with van der Waals surface area (Å²) in [6.45, 7) is 5.62. The Labute approximate surface area is 250 Å². The molecule has 1 aliphatic rings. The smallest absolute Gasteiger partial charge is 0.305 e. The van der Waals surface area contributed by atoms with Crippen LogP contribution in [-0.4, -0.2) is 53.3 Å². The molecule has 1 fully saturated rings. The molecule has 0 spiro atoms. The summed E-state index contributed by atoms with van der Waals surface area (Å²) in [5, 5.41) is 14.8. The number of carbonyl (C=O) groups excluding carboxylic acids is 1. The number of amides is 1. The van der Waals surface area contributed by atoms with Crippen LogP contribution >= 0.6 is 11.6 Å². The molecule has 214 valence electrons. The number of methoxy groups -OCH3 is 1. The summed E-state index contributed by atoms with van der Waals surface area (Å²) in [5.74, 6) is -0.597. The molecule has 0 radical (unpaired) electrons. The van der Waals surface area contributed by atoms with E-state index >= 15 is 0 Å². The number of likely N-dealkylation sites (N-methyl/N-ethyl adjacent to an activating group) is 1. The average molecular weight is 606 g/mol. The maximum Gasteiger partial charge on any atom is 0.305 e. The Bertz CT molecular complexity index is 1370. The van der Waals surface area contributed by atoms with Crippen molar-refractivity contribution >= 4 is 34.9 Å². The monoisotopic (exact) mass is 604 g/mol. The van der Waals surface area contributed by atoms with E-state index in [1.807, 2.05) is 50.2 Å². The van der Waals surface area contributed by atoms with Gasteiger partial charge in [0.1, 0.15) is 5.75 Å². The third kappa shape index (κ3) is 7.11. The predicted molar refractivity (Wildman–Crippen MR) is 154 cm³/mol. The second-order valence-corrected chi connectivity index (χ2v) is 10.2. The predicted octanol–water partition coefficient (Wildman–Crippen LogP) is 6.81. The zero-order valence-corrected chi connectivity index (χ0v) is 24.5. The molecule has 4 rings (SSSR count). The Kier molecular flexibility index (Phi) is 10.9. The van der Waals surface area contributed by atoms with Crippen LogP contribution < -0.4 is 4.74 Å². The first-order valence-electron chi connectivity index (χ1n) is 13.0. The molecule has 0 unspecified atom stereocenters. The van der Waals surface area contributed by atoms with Crippen LogP contribution in [0.1, 0.15) is 55.8 Å². The Balaban J connectivity index is 0.00000441. The largest absolute Gasteiger partial charge is 0.625 e. The van der Waals surface area contributed by atoms with E-state index in [9.17, 15) is 14.7 Å². The Morgan fingerprint density at radius 2 is 1.88 bits per heavy atom. The normalized spacial score (nSPS) is 18.1. The Morgan fingerprint density at radius 1 is 1.12 bits per heavy atom. The number of hydrogen-bond donors (Lipinski definition) is 1. The van der Waals surface area contributed by atoms with Crippen molar-refractivity contribution in [3.8, 4) is 5.75 Å². The van der Waals surface area contributed by atoms with Crippen LogP contribution in [0.25, 0.3) is 5.32 Å². The summed E-state index contributed by atoms with van der Waals surface area (Å²) in [5.41, 5.74) is 2.27. The number of likely N-dealkylation sites (tertiary alicyclic amines) is 1. The number of carboxylic acids is 1. The molecule has 1 aliphatic heterocycles. The van der Waals surface area contributed by atoms with Crippen LogP contribution in [0.3, 0.4) is 0 Å². The van der Waals surface area contributed by atoms with Gasteiger partial charge in [0.15, 0.2) is 0 Å². The molecule has 1 N–H and O–H groups in total. The van der Waals surface area contributed by atoms with Crippen molar-refractivity contribution in [1.82, 2.24) is 4.90 Å². The number of rotatable bonds is 10. The zero-order chi connectivity index (χ0) is 28.0. The molecule has 1 amide bonds. The van der Waals surface area contributed by atoms with E-state index in [0.717, 1.165) is 31.5 Å². The number of aliphatic carboxylic acids is 1. The van der Waals surface area contributed by atoms with Crippen LogP contribution in [0.2, 0.25) is 5.02 Å². The van der Waals surface area contributed by atoms with Gasteiger partial charge in [0.2, 0.25) is 0 Å². The molecule has 1 heterocycles. The molecule has 7 nitrogen and oxygen atoms in total. The van der Waals surface area contributed by atoms with E-state index in [2.05, 4.69) is 10.2 Å². The van der Waals surface area contributed by atoms with E-state index in [0.29, 0.717) is 33.3 Å². The second kappa shape index (κ2) is 13.9. The quantitative estimate of drug-likeness (QED) is 0.203. The first-order valence-corrected chi connectivity index (χ1v) is 13.4. The number of carbonyl (C=O) groups is 2. The molecule has 40 heavy (non-hydrogen) atoms. The summed E-state index contributed by atoms with van der Waals surface area (Å²) >= 11 is 6.46. The summed E-state index contributed by atoms with van der Waals surface area (Å²) < 4.78 is 5.37. The van der Waals surface area contributed by atoms with Crippen LogP contribution in [0.15, 0.2) is 77.8 Å². The van der Waals surface area contributed by atoms with Crippen molar-refractivity contribution in [3.63, 3.8) is 0 Å². The van der Waals surface area contributed by atoms with Gasteiger partial charge in [0.05, 0.1) is 36.7 Å². The first kappa shape index (κ1) is 31.3. The van der Waals surface area contributed by atoms with Gasteiger partial charge >= 0.3 is 5.97 Å². The maximum absolute atomic E-state index is 13.6. The van der Waals surface area contributed by atoms with Crippen molar-refractivity contribution in [2.75, 3.05) is 20.2 Å². The molecule has 3 aromatic carbocycles. The van der Waals surface area contributed by atoms with Gasteiger partial charge in [0.25, 0.3) is 0 Å². The number of nitrogens with zero attached hydrogens (tertiary/aromatic N) is 3. The van der Waals surface area contributed by atoms with Crippen LogP contribution in [-0.2, 0) is 26.1 Å². The molecule has 0 aliphatic carbocycles. The van der Waals surface area contributed by atoms with Gasteiger partial charge in [-0.25, -0.2) is 0 Å². The van der Waals surface area contributed by atoms with Gasteiger partial charge in [-0.1, -0.05) is 67.1 Å². The fourth-order valence-electron chi connectivity index (χ4n) is 5.10.